The summed E-state index contributed by atoms with van der Waals surface area (Å²) in [5.74, 6) is -2.94. The molecule has 20 nitrogen and oxygen atoms in total. The molecular formula is C80H71KN6O14. The zero-order chi connectivity index (χ0) is 69.4. The predicted octanol–water partition coefficient (Wildman–Crippen LogP) is 11.0. The first-order chi connectivity index (χ1) is 48.4. The van der Waals surface area contributed by atoms with E-state index >= 15 is 28.8 Å². The second kappa shape index (κ2) is 28.1. The Morgan fingerprint density at radius 2 is 0.723 bits per heavy atom. The van der Waals surface area contributed by atoms with Crippen LogP contribution in [0.2, 0.25) is 0 Å². The maximum atomic E-state index is 16.4. The number of aryl methyl sites for hydroxylation is 8. The van der Waals surface area contributed by atoms with Crippen LogP contribution in [0.1, 0.15) is 111 Å². The van der Waals surface area contributed by atoms with Crippen molar-refractivity contribution in [2.45, 2.75) is 79.7 Å². The van der Waals surface area contributed by atoms with E-state index in [9.17, 15) is 0 Å². The van der Waals surface area contributed by atoms with Crippen molar-refractivity contribution in [2.75, 3.05) is 52.7 Å². The van der Waals surface area contributed by atoms with Gasteiger partial charge in [-0.25, -0.2) is 0 Å². The Hall–Kier alpha value is -9.52. The summed E-state index contributed by atoms with van der Waals surface area (Å²) in [4.78, 5) is 107. The molecule has 9 aromatic carbocycles. The Kier molecular flexibility index (Phi) is 19.1. The summed E-state index contributed by atoms with van der Waals surface area (Å²) >= 11 is 0. The molecule has 6 heterocycles. The molecule has 2 saturated heterocycles. The summed E-state index contributed by atoms with van der Waals surface area (Å²) in [6.45, 7) is 17.6. The average Bonchev–Trinajstić information content (AvgIpc) is 1.08. The number of benzene rings is 9. The molecule has 21 heteroatoms. The van der Waals surface area contributed by atoms with Crippen molar-refractivity contribution in [3.63, 3.8) is 0 Å². The van der Waals surface area contributed by atoms with Crippen LogP contribution >= 0.6 is 0 Å². The molecule has 2 aromatic heterocycles. The molecule has 2 fully saturated rings. The van der Waals surface area contributed by atoms with Gasteiger partial charge in [-0.05, 0) is 150 Å². The number of carbonyl (C=O) groups excluding carboxylic acids is 6. The van der Waals surface area contributed by atoms with E-state index < -0.39 is 47.5 Å². The minimum absolute atomic E-state index is 0. The van der Waals surface area contributed by atoms with Crippen LogP contribution in [0.25, 0.3) is 43.1 Å². The monoisotopic (exact) mass is 1380 g/mol. The number of ether oxygens (including phenoxy) is 8. The van der Waals surface area contributed by atoms with Gasteiger partial charge in [0.1, 0.15) is 58.2 Å². The fourth-order valence-corrected chi connectivity index (χ4v) is 13.8. The Balaban J connectivity index is 0.00000464. The maximum Gasteiger partial charge on any atom is 1.00 e. The standard InChI is InChI=1S/C80H70N6O14.K.H/c1-41-15-19-57(45(5)29-41)97-61-33-51-65-52(78(90)85(77(51)89)73(55-13-9-11-23-81-55)75(87)83-25-27-93-37-49-39-95-49)35-63(99-59-21-17-43(3)31-47(59)7)69-70-64(100-60-22-18-44(4)32-48(60)8)36-54-66-53(34-62(68(72(66)70)67(61)71(65)69)98-58-20-16-42(2)30-46(58)6)79(91)86(80(54)92)74(56-14-10-12-24-82-56)76(88)84-26-28-94-38-50-40-96-50;;/h9-24,29-36,49-50,73-74H,25-28,37-40H2,1-8H3,(H,83,87)(H,84,88);;/q;+1;-1. The van der Waals surface area contributed by atoms with Crippen LogP contribution in [0.4, 0.5) is 0 Å². The number of epoxide rings is 2. The second-order valence-corrected chi connectivity index (χ2v) is 26.1. The van der Waals surface area contributed by atoms with Crippen molar-refractivity contribution in [3.05, 3.63) is 224 Å². The number of pyridine rings is 2. The Morgan fingerprint density at radius 1 is 0.426 bits per heavy atom. The number of fused-ring (bicyclic) bond motifs is 2. The minimum Gasteiger partial charge on any atom is -1.00 e. The number of amides is 6. The predicted molar refractivity (Wildman–Crippen MR) is 375 cm³/mol. The van der Waals surface area contributed by atoms with Crippen molar-refractivity contribution < 1.29 is 119 Å². The largest absolute Gasteiger partial charge is 1.00 e. The number of nitrogens with zero attached hydrogens (tertiary/aromatic N) is 4. The van der Waals surface area contributed by atoms with Crippen molar-refractivity contribution in [2.24, 2.45) is 0 Å². The fourth-order valence-electron chi connectivity index (χ4n) is 13.8. The smallest absolute Gasteiger partial charge is 1.00 e. The topological polar surface area (TPSA) is 239 Å². The number of rotatable bonds is 24. The van der Waals surface area contributed by atoms with Gasteiger partial charge in [0.2, 0.25) is 11.8 Å². The van der Waals surface area contributed by atoms with Gasteiger partial charge in [0.05, 0.1) is 73.3 Å². The van der Waals surface area contributed by atoms with Crippen LogP contribution in [0.5, 0.6) is 46.0 Å². The van der Waals surface area contributed by atoms with Gasteiger partial charge in [0, 0.05) is 68.6 Å². The summed E-state index contributed by atoms with van der Waals surface area (Å²) in [6.07, 6.45) is 2.93. The summed E-state index contributed by atoms with van der Waals surface area (Å²) in [5, 5.41) is 7.81. The van der Waals surface area contributed by atoms with E-state index in [4.69, 9.17) is 37.9 Å². The quantitative estimate of drug-likeness (QED) is 0.0143. The van der Waals surface area contributed by atoms with E-state index in [0.29, 0.717) is 49.4 Å². The fraction of sp³-hybridized carbons (Fsp3) is 0.250. The summed E-state index contributed by atoms with van der Waals surface area (Å²) in [7, 11) is 0. The SMILES string of the molecule is Cc1ccc(Oc2cc3c4c(cc(Oc5ccc(C)cc5C)c5c6c(Oc7ccc(C)cc7C)cc7c8c(cc(Oc9ccc(C)cc9C)c(c2c45)c86)C(=O)N(C(C(=O)NCCOCC2CO2)c2ccccn2)C7=O)C(=O)N(C(C(=O)NCCOCC2CO2)c2ccccn2)C3=O)c(C)c1.[H-].[K+]. The van der Waals surface area contributed by atoms with Gasteiger partial charge >= 0.3 is 51.4 Å². The number of hydrogen-bond donors (Lipinski definition) is 2. The van der Waals surface area contributed by atoms with Crippen LogP contribution < -0.4 is 81.0 Å². The molecule has 4 unspecified atom stereocenters. The Morgan fingerprint density at radius 3 is 0.980 bits per heavy atom. The average molecular weight is 1380 g/mol. The third-order valence-electron chi connectivity index (χ3n) is 18.6. The van der Waals surface area contributed by atoms with E-state index in [0.717, 1.165) is 54.3 Å². The number of hydrogen-bond acceptors (Lipinski definition) is 16. The second-order valence-electron chi connectivity index (χ2n) is 26.1. The first-order valence-corrected chi connectivity index (χ1v) is 33.3. The molecule has 15 rings (SSSR count). The number of nitrogens with one attached hydrogen (secondary N) is 2. The van der Waals surface area contributed by atoms with Gasteiger partial charge in [0.25, 0.3) is 23.6 Å². The molecule has 11 aromatic rings. The van der Waals surface area contributed by atoms with E-state index in [-0.39, 0.29) is 191 Å². The van der Waals surface area contributed by atoms with Gasteiger partial charge in [-0.2, -0.15) is 0 Å². The van der Waals surface area contributed by atoms with Gasteiger partial charge < -0.3 is 50.0 Å². The molecular weight excluding hydrogens is 1310 g/mol. The van der Waals surface area contributed by atoms with Crippen LogP contribution in [-0.4, -0.2) is 120 Å². The van der Waals surface area contributed by atoms with Crippen molar-refractivity contribution in [3.8, 4) is 46.0 Å². The van der Waals surface area contributed by atoms with E-state index in [1.807, 2.05) is 128 Å². The molecule has 0 bridgehead atoms. The van der Waals surface area contributed by atoms with Crippen LogP contribution in [0.15, 0.2) is 146 Å². The zero-order valence-corrected chi connectivity index (χ0v) is 60.5. The molecule has 4 aliphatic rings. The molecule has 0 aliphatic carbocycles. The van der Waals surface area contributed by atoms with Gasteiger partial charge in [-0.1, -0.05) is 82.9 Å². The normalized spacial score (nSPS) is 15.8. The third-order valence-corrected chi connectivity index (χ3v) is 18.6. The van der Waals surface area contributed by atoms with Gasteiger partial charge in [-0.15, -0.1) is 0 Å². The first-order valence-electron chi connectivity index (χ1n) is 33.3. The van der Waals surface area contributed by atoms with Crippen molar-refractivity contribution in [1.82, 2.24) is 30.4 Å². The Labute approximate surface area is 625 Å². The number of carbonyl (C=O) groups is 6. The molecule has 0 spiro atoms. The summed E-state index contributed by atoms with van der Waals surface area (Å²) in [6, 6.07) is 35.7. The van der Waals surface area contributed by atoms with Crippen LogP contribution in [-0.2, 0) is 28.5 Å². The molecule has 0 radical (unpaired) electrons. The molecule has 506 valence electrons. The van der Waals surface area contributed by atoms with Crippen LogP contribution in [0.3, 0.4) is 0 Å². The number of aromatic nitrogens is 2. The summed E-state index contributed by atoms with van der Waals surface area (Å²) < 4.78 is 51.6. The van der Waals surface area contributed by atoms with E-state index in [1.165, 1.54) is 12.4 Å². The molecule has 4 atom stereocenters. The number of imide groups is 2. The molecule has 101 heavy (non-hydrogen) atoms. The molecule has 6 amide bonds. The summed E-state index contributed by atoms with van der Waals surface area (Å²) in [5.41, 5.74) is 6.79. The van der Waals surface area contributed by atoms with E-state index in [1.54, 1.807) is 60.7 Å². The van der Waals surface area contributed by atoms with Crippen LogP contribution in [0, 0.1) is 55.4 Å². The maximum absolute atomic E-state index is 16.4. The van der Waals surface area contributed by atoms with Crippen molar-refractivity contribution in [1.29, 1.82) is 0 Å². The van der Waals surface area contributed by atoms with Crippen molar-refractivity contribution >= 4 is 78.5 Å². The molecule has 2 N–H and O–H groups in total. The third kappa shape index (κ3) is 13.1. The zero-order valence-electron chi connectivity index (χ0n) is 58.3. The van der Waals surface area contributed by atoms with Gasteiger partial charge in [0.15, 0.2) is 12.1 Å². The molecule has 0 saturated carbocycles. The van der Waals surface area contributed by atoms with Gasteiger partial charge in [-0.3, -0.25) is 48.5 Å². The molecule has 4 aliphatic heterocycles. The minimum atomic E-state index is -1.62. The Bertz CT molecular complexity index is 4670. The van der Waals surface area contributed by atoms with E-state index in [2.05, 4.69) is 20.6 Å². The first kappa shape index (κ1) is 68.6.